The van der Waals surface area contributed by atoms with Crippen LogP contribution in [0.5, 0.6) is 0 Å². The summed E-state index contributed by atoms with van der Waals surface area (Å²) in [5.74, 6) is -1.75. The van der Waals surface area contributed by atoms with Gasteiger partial charge in [-0.25, -0.2) is 4.79 Å². The number of carbonyl (C=O) groups is 2. The van der Waals surface area contributed by atoms with Crippen molar-refractivity contribution in [3.05, 3.63) is 76.2 Å². The monoisotopic (exact) mass is 405 g/mol. The highest BCUT2D eigenvalue weighted by Gasteiger charge is 2.30. The summed E-state index contributed by atoms with van der Waals surface area (Å²) in [5, 5.41) is 13.6. The first-order valence-corrected chi connectivity index (χ1v) is 8.95. The fraction of sp³-hybridized carbons (Fsp3) is 0.100. The van der Waals surface area contributed by atoms with E-state index in [4.69, 9.17) is 0 Å². The van der Waals surface area contributed by atoms with Gasteiger partial charge in [-0.3, -0.25) is 4.79 Å². The first-order valence-electron chi connectivity index (χ1n) is 8.07. The van der Waals surface area contributed by atoms with Crippen molar-refractivity contribution in [1.82, 2.24) is 0 Å². The molecule has 3 aromatic rings. The highest BCUT2D eigenvalue weighted by atomic mass is 32.1. The van der Waals surface area contributed by atoms with Gasteiger partial charge in [-0.05, 0) is 36.8 Å². The number of aryl methyl sites for hydroxylation is 1. The van der Waals surface area contributed by atoms with Gasteiger partial charge in [-0.15, -0.1) is 11.3 Å². The van der Waals surface area contributed by atoms with Gasteiger partial charge in [0.25, 0.3) is 5.91 Å². The molecule has 0 fully saturated rings. The van der Waals surface area contributed by atoms with E-state index in [-0.39, 0.29) is 16.1 Å². The van der Waals surface area contributed by atoms with Gasteiger partial charge in [-0.2, -0.15) is 13.2 Å². The van der Waals surface area contributed by atoms with Gasteiger partial charge in [0.2, 0.25) is 0 Å². The molecule has 28 heavy (non-hydrogen) atoms. The molecule has 3 rings (SSSR count). The summed E-state index contributed by atoms with van der Waals surface area (Å²) in [6.07, 6.45) is -4.48. The highest BCUT2D eigenvalue weighted by molar-refractivity contribution is 7.14. The van der Waals surface area contributed by atoms with Gasteiger partial charge in [-0.1, -0.05) is 29.8 Å². The van der Waals surface area contributed by atoms with Crippen molar-refractivity contribution >= 4 is 28.9 Å². The number of hydrogen-bond acceptors (Lipinski definition) is 3. The number of benzene rings is 2. The van der Waals surface area contributed by atoms with Crippen LogP contribution in [0.3, 0.4) is 0 Å². The van der Waals surface area contributed by atoms with Crippen molar-refractivity contribution in [3.63, 3.8) is 0 Å². The second kappa shape index (κ2) is 7.47. The van der Waals surface area contributed by atoms with Crippen LogP contribution >= 0.6 is 11.3 Å². The van der Waals surface area contributed by atoms with E-state index in [1.165, 1.54) is 17.5 Å². The Morgan fingerprint density at radius 3 is 2.32 bits per heavy atom. The van der Waals surface area contributed by atoms with E-state index in [1.54, 1.807) is 18.2 Å². The van der Waals surface area contributed by atoms with Crippen LogP contribution < -0.4 is 5.32 Å². The first-order chi connectivity index (χ1) is 13.2. The lowest BCUT2D eigenvalue weighted by molar-refractivity contribution is -0.137. The molecule has 1 amide bonds. The minimum atomic E-state index is -4.48. The number of thiophene rings is 1. The summed E-state index contributed by atoms with van der Waals surface area (Å²) in [4.78, 5) is 24.4. The Bertz CT molecular complexity index is 1040. The molecule has 144 valence electrons. The molecule has 1 heterocycles. The molecule has 0 unspecified atom stereocenters. The second-order valence-corrected chi connectivity index (χ2v) is 6.94. The van der Waals surface area contributed by atoms with E-state index in [0.717, 1.165) is 29.0 Å². The van der Waals surface area contributed by atoms with Crippen LogP contribution in [0, 0.1) is 6.92 Å². The van der Waals surface area contributed by atoms with Crippen LogP contribution in [0.4, 0.5) is 18.9 Å². The van der Waals surface area contributed by atoms with Crippen LogP contribution in [-0.4, -0.2) is 17.0 Å². The SMILES string of the molecule is Cc1cccc(C(=O)Nc2csc(-c3ccc(C(F)(F)F)cc3)c2C(=O)O)c1. The summed E-state index contributed by atoms with van der Waals surface area (Å²) in [7, 11) is 0. The number of amides is 1. The molecule has 0 aliphatic heterocycles. The summed E-state index contributed by atoms with van der Waals surface area (Å²) in [6, 6.07) is 11.0. The smallest absolute Gasteiger partial charge is 0.416 e. The number of carboxylic acids is 1. The largest absolute Gasteiger partial charge is 0.478 e. The Kier molecular flexibility index (Phi) is 5.24. The van der Waals surface area contributed by atoms with Gasteiger partial charge in [0, 0.05) is 10.9 Å². The van der Waals surface area contributed by atoms with Crippen LogP contribution in [0.2, 0.25) is 0 Å². The molecular formula is C20H14F3NO3S. The molecule has 8 heteroatoms. The minimum absolute atomic E-state index is 0.0962. The molecule has 0 saturated carbocycles. The van der Waals surface area contributed by atoms with E-state index in [0.29, 0.717) is 11.1 Å². The lowest BCUT2D eigenvalue weighted by atomic mass is 10.1. The number of rotatable bonds is 4. The van der Waals surface area contributed by atoms with Crippen LogP contribution in [0.15, 0.2) is 53.9 Å². The van der Waals surface area contributed by atoms with Crippen molar-refractivity contribution in [3.8, 4) is 10.4 Å². The number of alkyl halides is 3. The highest BCUT2D eigenvalue weighted by Crippen LogP contribution is 2.38. The Balaban J connectivity index is 1.94. The lowest BCUT2D eigenvalue weighted by Crippen LogP contribution is -2.14. The molecule has 0 radical (unpaired) electrons. The minimum Gasteiger partial charge on any atom is -0.478 e. The molecule has 0 spiro atoms. The van der Waals surface area contributed by atoms with Crippen LogP contribution in [0.25, 0.3) is 10.4 Å². The molecule has 0 aliphatic carbocycles. The fourth-order valence-corrected chi connectivity index (χ4v) is 3.67. The topological polar surface area (TPSA) is 66.4 Å². The maximum absolute atomic E-state index is 12.7. The Hall–Kier alpha value is -3.13. The number of anilines is 1. The van der Waals surface area contributed by atoms with E-state index < -0.39 is 23.6 Å². The van der Waals surface area contributed by atoms with Gasteiger partial charge in [0.15, 0.2) is 0 Å². The quantitative estimate of drug-likeness (QED) is 0.586. The Morgan fingerprint density at radius 2 is 1.75 bits per heavy atom. The van der Waals surface area contributed by atoms with E-state index >= 15 is 0 Å². The lowest BCUT2D eigenvalue weighted by Gasteiger charge is -2.09. The standard InChI is InChI=1S/C20H14F3NO3S/c1-11-3-2-4-13(9-11)18(25)24-15-10-28-17(16(15)19(26)27)12-5-7-14(8-6-12)20(21,22)23/h2-10H,1H3,(H,24,25)(H,26,27). The number of hydrogen-bond donors (Lipinski definition) is 2. The molecule has 0 atom stereocenters. The summed E-state index contributed by atoms with van der Waals surface area (Å²) >= 11 is 1.03. The van der Waals surface area contributed by atoms with Crippen molar-refractivity contribution < 1.29 is 27.9 Å². The van der Waals surface area contributed by atoms with Gasteiger partial charge < -0.3 is 10.4 Å². The molecular weight excluding hydrogens is 391 g/mol. The maximum Gasteiger partial charge on any atom is 0.416 e. The maximum atomic E-state index is 12.7. The third-order valence-corrected chi connectivity index (χ3v) is 5.04. The number of aromatic carboxylic acids is 1. The van der Waals surface area contributed by atoms with Crippen LogP contribution in [0.1, 0.15) is 31.8 Å². The normalized spacial score (nSPS) is 11.3. The zero-order valence-electron chi connectivity index (χ0n) is 14.5. The molecule has 0 bridgehead atoms. The predicted molar refractivity (Wildman–Crippen MR) is 101 cm³/mol. The van der Waals surface area contributed by atoms with E-state index in [2.05, 4.69) is 5.32 Å². The molecule has 0 saturated heterocycles. The van der Waals surface area contributed by atoms with Crippen molar-refractivity contribution in [2.45, 2.75) is 13.1 Å². The predicted octanol–water partition coefficient (Wildman–Crippen LogP) is 5.69. The van der Waals surface area contributed by atoms with Crippen LogP contribution in [-0.2, 0) is 6.18 Å². The number of halogens is 3. The number of nitrogens with one attached hydrogen (secondary N) is 1. The van der Waals surface area contributed by atoms with Gasteiger partial charge >= 0.3 is 12.1 Å². The average Bonchev–Trinajstić information content (AvgIpc) is 3.05. The van der Waals surface area contributed by atoms with Crippen molar-refractivity contribution in [1.29, 1.82) is 0 Å². The second-order valence-electron chi connectivity index (χ2n) is 6.06. The number of carboxylic acid groups (broad SMARTS) is 1. The van der Waals surface area contributed by atoms with Gasteiger partial charge in [0.1, 0.15) is 5.56 Å². The van der Waals surface area contributed by atoms with Gasteiger partial charge in [0.05, 0.1) is 16.1 Å². The van der Waals surface area contributed by atoms with Crippen molar-refractivity contribution in [2.75, 3.05) is 5.32 Å². The van der Waals surface area contributed by atoms with E-state index in [1.807, 2.05) is 13.0 Å². The number of carbonyl (C=O) groups excluding carboxylic acids is 1. The van der Waals surface area contributed by atoms with E-state index in [9.17, 15) is 27.9 Å². The fourth-order valence-electron chi connectivity index (χ4n) is 2.67. The summed E-state index contributed by atoms with van der Waals surface area (Å²) in [5.41, 5.74) is 0.689. The summed E-state index contributed by atoms with van der Waals surface area (Å²) in [6.45, 7) is 1.83. The molecule has 4 nitrogen and oxygen atoms in total. The molecule has 2 aromatic carbocycles. The Morgan fingerprint density at radius 1 is 1.07 bits per heavy atom. The molecule has 1 aromatic heterocycles. The third kappa shape index (κ3) is 4.07. The average molecular weight is 405 g/mol. The Labute approximate surface area is 162 Å². The zero-order valence-corrected chi connectivity index (χ0v) is 15.3. The third-order valence-electron chi connectivity index (χ3n) is 4.01. The van der Waals surface area contributed by atoms with Crippen molar-refractivity contribution in [2.24, 2.45) is 0 Å². The molecule has 2 N–H and O–H groups in total. The first kappa shape index (κ1) is 19.6. The molecule has 0 aliphatic rings. The zero-order chi connectivity index (χ0) is 20.5. The summed E-state index contributed by atoms with van der Waals surface area (Å²) < 4.78 is 38.2.